The molecule has 2 heterocycles. The molecular formula is C18H33N3O2. The molecule has 0 spiro atoms. The van der Waals surface area contributed by atoms with Gasteiger partial charge in [-0.25, -0.2) is 0 Å². The minimum Gasteiger partial charge on any atom is -0.381 e. The van der Waals surface area contributed by atoms with Crippen LogP contribution < -0.4 is 10.6 Å². The molecule has 3 unspecified atom stereocenters. The van der Waals surface area contributed by atoms with E-state index in [-0.39, 0.29) is 5.41 Å². The van der Waals surface area contributed by atoms with Gasteiger partial charge in [-0.3, -0.25) is 4.99 Å². The van der Waals surface area contributed by atoms with Crippen LogP contribution in [-0.2, 0) is 9.47 Å². The van der Waals surface area contributed by atoms with E-state index in [0.29, 0.717) is 18.1 Å². The number of ether oxygens (including phenoxy) is 2. The van der Waals surface area contributed by atoms with Gasteiger partial charge < -0.3 is 20.1 Å². The number of nitrogens with one attached hydrogen (secondary N) is 2. The van der Waals surface area contributed by atoms with Gasteiger partial charge in [-0.15, -0.1) is 0 Å². The monoisotopic (exact) mass is 323 g/mol. The molecule has 3 rings (SSSR count). The summed E-state index contributed by atoms with van der Waals surface area (Å²) in [6.07, 6.45) is 5.15. The lowest BCUT2D eigenvalue weighted by Gasteiger charge is -2.54. The number of hydrogen-bond acceptors (Lipinski definition) is 3. The van der Waals surface area contributed by atoms with E-state index in [0.717, 1.165) is 44.8 Å². The molecule has 3 aliphatic rings. The van der Waals surface area contributed by atoms with Crippen LogP contribution in [0.5, 0.6) is 0 Å². The van der Waals surface area contributed by atoms with Crippen LogP contribution in [-0.4, -0.2) is 51.0 Å². The predicted octanol–water partition coefficient (Wildman–Crippen LogP) is 2.17. The summed E-state index contributed by atoms with van der Waals surface area (Å²) in [4.78, 5) is 4.82. The summed E-state index contributed by atoms with van der Waals surface area (Å²) in [5.74, 6) is 2.40. The van der Waals surface area contributed by atoms with Crippen LogP contribution in [0, 0.1) is 17.3 Å². The molecule has 3 fully saturated rings. The zero-order valence-corrected chi connectivity index (χ0v) is 14.9. The van der Waals surface area contributed by atoms with E-state index >= 15 is 0 Å². The van der Waals surface area contributed by atoms with E-state index < -0.39 is 0 Å². The lowest BCUT2D eigenvalue weighted by Crippen LogP contribution is -2.68. The van der Waals surface area contributed by atoms with Gasteiger partial charge in [0.15, 0.2) is 5.96 Å². The third-order valence-corrected chi connectivity index (χ3v) is 5.89. The van der Waals surface area contributed by atoms with E-state index in [9.17, 15) is 0 Å². The zero-order chi connectivity index (χ0) is 16.3. The van der Waals surface area contributed by atoms with Crippen molar-refractivity contribution in [3.05, 3.63) is 0 Å². The molecule has 0 bridgehead atoms. The number of rotatable bonds is 5. The maximum atomic E-state index is 5.89. The average molecular weight is 323 g/mol. The molecule has 2 N–H and O–H groups in total. The van der Waals surface area contributed by atoms with Gasteiger partial charge in [0.1, 0.15) is 0 Å². The van der Waals surface area contributed by atoms with Crippen molar-refractivity contribution in [2.24, 2.45) is 22.2 Å². The molecule has 2 saturated heterocycles. The smallest absolute Gasteiger partial charge is 0.191 e. The molecule has 5 nitrogen and oxygen atoms in total. The summed E-state index contributed by atoms with van der Waals surface area (Å²) in [6, 6.07) is 0.468. The predicted molar refractivity (Wildman–Crippen MR) is 92.7 cm³/mol. The fraction of sp³-hybridized carbons (Fsp3) is 0.944. The zero-order valence-electron chi connectivity index (χ0n) is 14.9. The first-order valence-electron chi connectivity index (χ1n) is 9.37. The third kappa shape index (κ3) is 3.66. The van der Waals surface area contributed by atoms with Crippen molar-refractivity contribution < 1.29 is 9.47 Å². The lowest BCUT2D eigenvalue weighted by molar-refractivity contribution is -0.106. The van der Waals surface area contributed by atoms with Crippen LogP contribution in [0.15, 0.2) is 4.99 Å². The Balaban J connectivity index is 1.52. The Morgan fingerprint density at radius 1 is 1.17 bits per heavy atom. The minimum atomic E-state index is 0.193. The van der Waals surface area contributed by atoms with Gasteiger partial charge in [0.25, 0.3) is 0 Å². The van der Waals surface area contributed by atoms with Crippen LogP contribution in [0.4, 0.5) is 0 Å². The highest BCUT2D eigenvalue weighted by molar-refractivity contribution is 5.80. The molecule has 5 heteroatoms. The van der Waals surface area contributed by atoms with Crippen LogP contribution in [0.3, 0.4) is 0 Å². The van der Waals surface area contributed by atoms with E-state index in [4.69, 9.17) is 14.5 Å². The van der Waals surface area contributed by atoms with Gasteiger partial charge in [-0.2, -0.15) is 0 Å². The second-order valence-electron chi connectivity index (χ2n) is 7.79. The summed E-state index contributed by atoms with van der Waals surface area (Å²) < 4.78 is 11.3. The summed E-state index contributed by atoms with van der Waals surface area (Å²) in [5, 5.41) is 7.10. The van der Waals surface area contributed by atoms with Crippen molar-refractivity contribution in [1.29, 1.82) is 0 Å². The third-order valence-electron chi connectivity index (χ3n) is 5.89. The highest BCUT2D eigenvalue weighted by Crippen LogP contribution is 2.52. The normalized spacial score (nSPS) is 33.9. The second kappa shape index (κ2) is 7.39. The Kier molecular flexibility index (Phi) is 5.47. The van der Waals surface area contributed by atoms with E-state index in [2.05, 4.69) is 31.4 Å². The maximum absolute atomic E-state index is 5.89. The van der Waals surface area contributed by atoms with E-state index in [1.165, 1.54) is 25.7 Å². The van der Waals surface area contributed by atoms with Crippen molar-refractivity contribution >= 4 is 5.96 Å². The molecule has 1 aliphatic carbocycles. The number of guanidine groups is 1. The number of aliphatic imine (C=N–C) groups is 1. The first-order valence-corrected chi connectivity index (χ1v) is 9.37. The molecule has 3 atom stereocenters. The number of nitrogens with zero attached hydrogens (tertiary/aromatic N) is 1. The van der Waals surface area contributed by atoms with Gasteiger partial charge >= 0.3 is 0 Å². The van der Waals surface area contributed by atoms with E-state index in [1.54, 1.807) is 0 Å². The average Bonchev–Trinajstić information content (AvgIpc) is 3.00. The molecule has 0 aromatic carbocycles. The summed E-state index contributed by atoms with van der Waals surface area (Å²) in [5.41, 5.74) is 0.193. The first-order chi connectivity index (χ1) is 11.1. The molecular weight excluding hydrogens is 290 g/mol. The van der Waals surface area contributed by atoms with Gasteiger partial charge in [-0.05, 0) is 38.5 Å². The molecule has 0 aromatic heterocycles. The lowest BCUT2D eigenvalue weighted by atomic mass is 9.57. The highest BCUT2D eigenvalue weighted by atomic mass is 16.5. The minimum absolute atomic E-state index is 0.193. The van der Waals surface area contributed by atoms with Crippen LogP contribution in [0.2, 0.25) is 0 Å². The van der Waals surface area contributed by atoms with Crippen LogP contribution in [0.25, 0.3) is 0 Å². The van der Waals surface area contributed by atoms with Gasteiger partial charge in [0.05, 0.1) is 6.10 Å². The number of hydrogen-bond donors (Lipinski definition) is 2. The van der Waals surface area contributed by atoms with Crippen molar-refractivity contribution in [3.63, 3.8) is 0 Å². The summed E-state index contributed by atoms with van der Waals surface area (Å²) in [6.45, 7) is 11.3. The first kappa shape index (κ1) is 17.0. The summed E-state index contributed by atoms with van der Waals surface area (Å²) in [7, 11) is 0. The van der Waals surface area contributed by atoms with Crippen molar-refractivity contribution in [2.45, 2.75) is 58.6 Å². The van der Waals surface area contributed by atoms with Crippen molar-refractivity contribution in [2.75, 3.05) is 32.9 Å². The largest absolute Gasteiger partial charge is 0.381 e. The van der Waals surface area contributed by atoms with Crippen molar-refractivity contribution in [3.8, 4) is 0 Å². The Morgan fingerprint density at radius 3 is 2.70 bits per heavy atom. The van der Waals surface area contributed by atoms with Crippen molar-refractivity contribution in [1.82, 2.24) is 10.6 Å². The van der Waals surface area contributed by atoms with Crippen LogP contribution in [0.1, 0.15) is 46.5 Å². The van der Waals surface area contributed by atoms with E-state index in [1.807, 2.05) is 0 Å². The second-order valence-corrected chi connectivity index (χ2v) is 7.79. The molecule has 0 radical (unpaired) electrons. The molecule has 23 heavy (non-hydrogen) atoms. The topological polar surface area (TPSA) is 54.9 Å². The molecule has 0 aromatic rings. The Hall–Kier alpha value is -0.810. The molecule has 132 valence electrons. The molecule has 1 saturated carbocycles. The Bertz CT molecular complexity index is 418. The van der Waals surface area contributed by atoms with Gasteiger partial charge in [0, 0.05) is 50.3 Å². The molecule has 2 aliphatic heterocycles. The van der Waals surface area contributed by atoms with Gasteiger partial charge in [-0.1, -0.05) is 13.8 Å². The fourth-order valence-electron chi connectivity index (χ4n) is 4.48. The maximum Gasteiger partial charge on any atom is 0.191 e. The Morgan fingerprint density at radius 2 is 1.96 bits per heavy atom. The fourth-order valence-corrected chi connectivity index (χ4v) is 4.48. The Labute approximate surface area is 140 Å². The van der Waals surface area contributed by atoms with Crippen LogP contribution >= 0.6 is 0 Å². The summed E-state index contributed by atoms with van der Waals surface area (Å²) >= 11 is 0. The number of fused-ring (bicyclic) bond motifs is 1. The molecule has 0 amide bonds. The SMILES string of the molecule is CCNC(=NCCC1CCOCC1)NC1C2CCOC2C1(C)C. The van der Waals surface area contributed by atoms with Gasteiger partial charge in [0.2, 0.25) is 0 Å². The standard InChI is InChI=1S/C18H33N3O2/c1-4-19-17(20-9-5-13-6-10-22-11-7-13)21-15-14-8-12-23-16(14)18(15,2)3/h13-16H,4-12H2,1-3H3,(H2,19,20,21). The quantitative estimate of drug-likeness (QED) is 0.601. The highest BCUT2D eigenvalue weighted by Gasteiger charge is 2.59.